The lowest BCUT2D eigenvalue weighted by molar-refractivity contribution is -0.131. The Morgan fingerprint density at radius 2 is 2.04 bits per heavy atom. The van der Waals surface area contributed by atoms with Gasteiger partial charge in [-0.1, -0.05) is 54.6 Å². The highest BCUT2D eigenvalue weighted by Crippen LogP contribution is 2.56. The van der Waals surface area contributed by atoms with Gasteiger partial charge in [-0.15, -0.1) is 0 Å². The topological polar surface area (TPSA) is 38.8 Å². The monoisotopic (exact) mass is 359 g/mol. The smallest absolute Gasteiger partial charge is 0.251 e. The summed E-state index contributed by atoms with van der Waals surface area (Å²) in [5.41, 5.74) is 2.62. The van der Waals surface area contributed by atoms with Gasteiger partial charge in [-0.3, -0.25) is 4.79 Å². The molecule has 4 heteroatoms. The number of ether oxygens (including phenoxy) is 2. The third-order valence-corrected chi connectivity index (χ3v) is 5.95. The van der Waals surface area contributed by atoms with Gasteiger partial charge in [0.2, 0.25) is 0 Å². The maximum Gasteiger partial charge on any atom is 0.251 e. The van der Waals surface area contributed by atoms with Crippen LogP contribution in [0.5, 0.6) is 11.5 Å². The lowest BCUT2D eigenvalue weighted by Gasteiger charge is -2.44. The lowest BCUT2D eigenvalue weighted by atomic mass is 9.64. The molecule has 0 N–H and O–H groups in total. The quantitative estimate of drug-likeness (QED) is 0.840. The van der Waals surface area contributed by atoms with Crippen LogP contribution in [0, 0.1) is 0 Å². The Morgan fingerprint density at radius 3 is 2.85 bits per heavy atom. The van der Waals surface area contributed by atoms with Gasteiger partial charge in [0.15, 0.2) is 11.5 Å². The zero-order chi connectivity index (χ0) is 18.4. The predicted octanol–water partition coefficient (Wildman–Crippen LogP) is 3.62. The molecule has 2 atom stereocenters. The van der Waals surface area contributed by atoms with E-state index in [1.54, 1.807) is 7.11 Å². The number of fused-ring (bicyclic) bond motifs is 1. The third-order valence-electron chi connectivity index (χ3n) is 5.95. The normalized spacial score (nSPS) is 25.2. The molecule has 27 heavy (non-hydrogen) atoms. The first kappa shape index (κ1) is 16.2. The average Bonchev–Trinajstić information content (AvgIpc) is 3.05. The molecule has 2 heterocycles. The van der Waals surface area contributed by atoms with E-state index in [0.717, 1.165) is 34.6 Å². The van der Waals surface area contributed by atoms with E-state index in [1.807, 2.05) is 47.4 Å². The van der Waals surface area contributed by atoms with Crippen LogP contribution < -0.4 is 9.47 Å². The maximum absolute atomic E-state index is 13.4. The fourth-order valence-corrected chi connectivity index (χ4v) is 4.65. The van der Waals surface area contributed by atoms with E-state index >= 15 is 0 Å². The second kappa shape index (κ2) is 6.02. The molecule has 1 aliphatic carbocycles. The van der Waals surface area contributed by atoms with Crippen LogP contribution in [0.1, 0.15) is 17.5 Å². The molecule has 0 saturated carbocycles. The van der Waals surface area contributed by atoms with Crippen LogP contribution in [0.4, 0.5) is 0 Å². The summed E-state index contributed by atoms with van der Waals surface area (Å²) in [5.74, 6) is 1.59. The first-order chi connectivity index (χ1) is 13.2. The Kier molecular flexibility index (Phi) is 3.61. The summed E-state index contributed by atoms with van der Waals surface area (Å²) in [7, 11) is 1.65. The minimum absolute atomic E-state index is 0.0960. The van der Waals surface area contributed by atoms with E-state index in [0.29, 0.717) is 13.1 Å². The van der Waals surface area contributed by atoms with E-state index in [2.05, 4.69) is 24.3 Å². The summed E-state index contributed by atoms with van der Waals surface area (Å²) in [6.45, 7) is 1.34. The Labute approximate surface area is 158 Å². The number of piperidine rings is 1. The van der Waals surface area contributed by atoms with Gasteiger partial charge in [-0.05, 0) is 24.1 Å². The van der Waals surface area contributed by atoms with Crippen molar-refractivity contribution in [1.82, 2.24) is 4.90 Å². The molecular formula is C23H21NO3. The first-order valence-electron chi connectivity index (χ1n) is 9.30. The number of nitrogens with zero attached hydrogens (tertiary/aromatic N) is 1. The van der Waals surface area contributed by atoms with Crippen LogP contribution in [0.15, 0.2) is 72.3 Å². The highest BCUT2D eigenvalue weighted by molar-refractivity contribution is 5.99. The van der Waals surface area contributed by atoms with E-state index in [-0.39, 0.29) is 12.0 Å². The number of rotatable bonds is 3. The number of benzene rings is 2. The molecule has 2 aliphatic heterocycles. The van der Waals surface area contributed by atoms with Gasteiger partial charge in [0.25, 0.3) is 5.91 Å². The molecule has 0 radical (unpaired) electrons. The second-order valence-corrected chi connectivity index (χ2v) is 7.27. The van der Waals surface area contributed by atoms with Crippen LogP contribution >= 0.6 is 0 Å². The summed E-state index contributed by atoms with van der Waals surface area (Å²) in [6.07, 6.45) is 6.65. The highest BCUT2D eigenvalue weighted by atomic mass is 16.5. The van der Waals surface area contributed by atoms with Crippen LogP contribution in [0.2, 0.25) is 0 Å². The van der Waals surface area contributed by atoms with Crippen LogP contribution in [0.25, 0.3) is 0 Å². The van der Waals surface area contributed by atoms with Crippen molar-refractivity contribution in [2.45, 2.75) is 24.5 Å². The molecule has 2 aromatic carbocycles. The van der Waals surface area contributed by atoms with Crippen molar-refractivity contribution in [2.24, 2.45) is 0 Å². The molecule has 5 rings (SSSR count). The molecule has 2 aromatic rings. The van der Waals surface area contributed by atoms with Gasteiger partial charge in [0.1, 0.15) is 6.10 Å². The minimum Gasteiger partial charge on any atom is -0.493 e. The maximum atomic E-state index is 13.4. The standard InChI is InChI=1S/C23H21NO3/c1-26-19-11-5-9-17-21(19)27-20-12-6-10-18-22(25)24(14-13-23(17,18)20)15-16-7-3-2-4-8-16/h2-12,20H,13-15H2,1H3. The third kappa shape index (κ3) is 2.26. The van der Waals surface area contributed by atoms with Crippen molar-refractivity contribution in [3.63, 3.8) is 0 Å². The number of likely N-dealkylation sites (tertiary alicyclic amines) is 1. The lowest BCUT2D eigenvalue weighted by Crippen LogP contribution is -2.53. The molecule has 1 amide bonds. The van der Waals surface area contributed by atoms with E-state index < -0.39 is 5.41 Å². The summed E-state index contributed by atoms with van der Waals surface area (Å²) in [4.78, 5) is 15.3. The Balaban J connectivity index is 1.54. The van der Waals surface area contributed by atoms with Crippen molar-refractivity contribution in [3.05, 3.63) is 83.5 Å². The summed E-state index contributed by atoms with van der Waals surface area (Å²) < 4.78 is 11.8. The van der Waals surface area contributed by atoms with Gasteiger partial charge in [-0.25, -0.2) is 0 Å². The molecule has 0 aromatic heterocycles. The summed E-state index contributed by atoms with van der Waals surface area (Å²) in [5, 5.41) is 0. The largest absolute Gasteiger partial charge is 0.493 e. The Bertz CT molecular complexity index is 963. The summed E-state index contributed by atoms with van der Waals surface area (Å²) in [6, 6.07) is 16.1. The molecular weight excluding hydrogens is 338 g/mol. The Hall–Kier alpha value is -3.01. The van der Waals surface area contributed by atoms with Crippen molar-refractivity contribution in [3.8, 4) is 11.5 Å². The highest BCUT2D eigenvalue weighted by Gasteiger charge is 2.56. The minimum atomic E-state index is -0.414. The van der Waals surface area contributed by atoms with Gasteiger partial charge in [0.05, 0.1) is 12.5 Å². The number of hydrogen-bond acceptors (Lipinski definition) is 3. The number of methoxy groups -OCH3 is 1. The molecule has 1 fully saturated rings. The molecule has 0 bridgehead atoms. The molecule has 2 unspecified atom stereocenters. The van der Waals surface area contributed by atoms with Crippen LogP contribution in [0.3, 0.4) is 0 Å². The van der Waals surface area contributed by atoms with Gasteiger partial charge >= 0.3 is 0 Å². The van der Waals surface area contributed by atoms with Crippen molar-refractivity contribution in [2.75, 3.05) is 13.7 Å². The number of carbonyl (C=O) groups excluding carboxylic acids is 1. The van der Waals surface area contributed by atoms with E-state index in [4.69, 9.17) is 9.47 Å². The van der Waals surface area contributed by atoms with Gasteiger partial charge < -0.3 is 14.4 Å². The van der Waals surface area contributed by atoms with E-state index in [9.17, 15) is 4.79 Å². The molecule has 136 valence electrons. The molecule has 4 nitrogen and oxygen atoms in total. The number of hydrogen-bond donors (Lipinski definition) is 0. The van der Waals surface area contributed by atoms with Crippen molar-refractivity contribution >= 4 is 5.91 Å². The average molecular weight is 359 g/mol. The number of carbonyl (C=O) groups is 1. The fraction of sp³-hybridized carbons (Fsp3) is 0.261. The second-order valence-electron chi connectivity index (χ2n) is 7.27. The van der Waals surface area contributed by atoms with Crippen molar-refractivity contribution < 1.29 is 14.3 Å². The zero-order valence-electron chi connectivity index (χ0n) is 15.2. The van der Waals surface area contributed by atoms with Crippen LogP contribution in [-0.2, 0) is 16.8 Å². The number of amides is 1. The SMILES string of the molecule is COc1cccc2c1OC1C=CC=C3C(=O)N(Cc4ccccc4)CCC321. The van der Waals surface area contributed by atoms with Gasteiger partial charge in [-0.2, -0.15) is 0 Å². The van der Waals surface area contributed by atoms with Crippen LogP contribution in [-0.4, -0.2) is 30.6 Å². The molecule has 3 aliphatic rings. The van der Waals surface area contributed by atoms with E-state index in [1.165, 1.54) is 0 Å². The fourth-order valence-electron chi connectivity index (χ4n) is 4.65. The van der Waals surface area contributed by atoms with Gasteiger partial charge in [0, 0.05) is 24.2 Å². The zero-order valence-corrected chi connectivity index (χ0v) is 15.2. The molecule has 1 saturated heterocycles. The Morgan fingerprint density at radius 1 is 1.19 bits per heavy atom. The predicted molar refractivity (Wildman–Crippen MR) is 103 cm³/mol. The first-order valence-corrected chi connectivity index (χ1v) is 9.30. The summed E-state index contributed by atoms with van der Waals surface area (Å²) >= 11 is 0. The number of allylic oxidation sites excluding steroid dienone is 2. The van der Waals surface area contributed by atoms with Crippen molar-refractivity contribution in [1.29, 1.82) is 0 Å². The number of para-hydroxylation sites is 1. The molecule has 1 spiro atoms.